The minimum atomic E-state index is -6.59. The number of fused-ring (bicyclic) bond motifs is 5. The molecule has 41 heteroatoms. The van der Waals surface area contributed by atoms with Crippen molar-refractivity contribution in [3.05, 3.63) is 0 Å². The van der Waals surface area contributed by atoms with Gasteiger partial charge in [-0.3, -0.25) is 9.47 Å². The van der Waals surface area contributed by atoms with Gasteiger partial charge < -0.3 is 25.2 Å². The van der Waals surface area contributed by atoms with E-state index in [-0.39, 0.29) is 0 Å². The largest absolute Gasteiger partial charge is 0.453 e. The molecule has 4 spiro atoms. The summed E-state index contributed by atoms with van der Waals surface area (Å²) in [5.41, 5.74) is 0. The first kappa shape index (κ1) is 38.6. The number of aliphatic hydroxyl groups excluding tert-OH is 3. The van der Waals surface area contributed by atoms with Crippen LogP contribution in [0, 0.1) is 0 Å². The summed E-state index contributed by atoms with van der Waals surface area (Å²) in [5.74, 6) is -39.6. The molecule has 53 heavy (non-hydrogen) atoms. The topological polar surface area (TPSA) is 461 Å². The maximum atomic E-state index is 13.3. The average Bonchev–Trinajstić information content (AvgIpc) is 3.55. The van der Waals surface area contributed by atoms with Crippen LogP contribution in [0.5, 0.6) is 0 Å². The van der Waals surface area contributed by atoms with Crippen molar-refractivity contribution in [3.63, 3.8) is 0 Å². The normalized spacial score (nSPS) is 53.7. The lowest BCUT2D eigenvalue weighted by Gasteiger charge is -2.58. The molecule has 10 atom stereocenters. The highest BCUT2D eigenvalue weighted by atomic mass is 32.3. The quantitative estimate of drug-likeness (QED) is 0.187. The maximum absolute atomic E-state index is 13.3. The number of hydrogen-bond acceptors (Lipinski definition) is 35. The molecule has 35 nitrogen and oxygen atoms in total. The second-order valence-corrected chi connectivity index (χ2v) is 17.2. The molecule has 9 saturated heterocycles. The number of hydrogen-bond donors (Lipinski definition) is 4. The van der Waals surface area contributed by atoms with Gasteiger partial charge in [0.15, 0.2) is 0 Å². The van der Waals surface area contributed by atoms with Gasteiger partial charge in [0.2, 0.25) is 0 Å². The van der Waals surface area contributed by atoms with Gasteiger partial charge in [-0.1, -0.05) is 17.3 Å². The SMILES string of the molecule is O=S1(=O)OOC23OS(=O)(=O)OO[C@@]45OS(=O)(=O)O[C@]46OOS(=O)(=O)O[C@]4(O)[C@H](O)[C@@H](CO)OC4(CO)O[C@@]4(O[C@]25OS(=O)(=O)O3)OS(=O)(=O)O[C@]46OO1. The second-order valence-electron chi connectivity index (χ2n) is 10.4. The summed E-state index contributed by atoms with van der Waals surface area (Å²) in [7, 11) is -38.8. The molecule has 4 N–H and O–H groups in total. The molecule has 304 valence electrons. The maximum Gasteiger partial charge on any atom is 0.453 e. The molecule has 9 heterocycles. The lowest BCUT2D eigenvalue weighted by atomic mass is 9.82. The van der Waals surface area contributed by atoms with Crippen molar-refractivity contribution in [1.29, 1.82) is 0 Å². The Balaban J connectivity index is 1.60. The van der Waals surface area contributed by atoms with Crippen LogP contribution in [0.4, 0.5) is 0 Å². The van der Waals surface area contributed by atoms with Crippen LogP contribution in [0.25, 0.3) is 0 Å². The zero-order chi connectivity index (χ0) is 39.0. The van der Waals surface area contributed by atoms with Crippen LogP contribution < -0.4 is 0 Å². The van der Waals surface area contributed by atoms with Crippen LogP contribution in [-0.2, 0) is 147 Å². The predicted molar refractivity (Wildman–Crippen MR) is 122 cm³/mol. The van der Waals surface area contributed by atoms with Crippen LogP contribution in [0.15, 0.2) is 0 Å². The second kappa shape index (κ2) is 10.4. The molecule has 0 aromatic carbocycles. The van der Waals surface area contributed by atoms with Crippen molar-refractivity contribution in [3.8, 4) is 0 Å². The van der Waals surface area contributed by atoms with Crippen LogP contribution in [-0.4, -0.2) is 143 Å². The Morgan fingerprint density at radius 3 is 1.49 bits per heavy atom. The summed E-state index contributed by atoms with van der Waals surface area (Å²) in [6.45, 7) is -3.85. The molecule has 2 unspecified atom stereocenters. The van der Waals surface area contributed by atoms with Crippen molar-refractivity contribution >= 4 is 62.4 Å². The smallest absolute Gasteiger partial charge is 0.394 e. The molecular formula is C12H10O35S6. The minimum Gasteiger partial charge on any atom is -0.394 e. The van der Waals surface area contributed by atoms with Crippen LogP contribution in [0.3, 0.4) is 0 Å². The highest BCUT2D eigenvalue weighted by Crippen LogP contribution is 2.73. The average molecular weight is 907 g/mol. The van der Waals surface area contributed by atoms with E-state index in [9.17, 15) is 70.9 Å². The predicted octanol–water partition coefficient (Wildman–Crippen LogP) is -9.27. The summed E-state index contributed by atoms with van der Waals surface area (Å²) in [4.78, 5) is 17.6. The van der Waals surface area contributed by atoms with E-state index in [1.807, 2.05) is 0 Å². The number of ether oxygens (including phenoxy) is 3. The third kappa shape index (κ3) is 4.67. The van der Waals surface area contributed by atoms with Crippen LogP contribution in [0.1, 0.15) is 0 Å². The monoisotopic (exact) mass is 906 g/mol. The molecule has 9 aliphatic rings. The van der Waals surface area contributed by atoms with E-state index in [0.717, 1.165) is 0 Å². The minimum absolute atomic E-state index is 1.56. The number of rotatable bonds is 2. The summed E-state index contributed by atoms with van der Waals surface area (Å²) in [6.07, 6.45) is -5.57. The lowest BCUT2D eigenvalue weighted by Crippen LogP contribution is -2.92. The standard InChI is InChI=1S/C12H10O35S6/c13-1-3-4(15)6(16)5(2-14,29-3)30-11-10(40-50(21,22)41-11)8(33-44-51(23,24)36-6)7(37-48(17,18)38-8)9(31-11)12(42-49(19,20)39-9,43-52(25,26)45-32-7)35-47-53(27,28)46-34-10/h3-4,13-16H,1-2H2/t3-,4-,5?,6-,7-,8-,9-,10+,11+,12?/m1/s1. The van der Waals surface area contributed by atoms with Gasteiger partial charge in [-0.15, -0.1) is 4.89 Å². The zero-order valence-corrected chi connectivity index (χ0v) is 28.4. The first-order chi connectivity index (χ1) is 24.0. The Morgan fingerprint density at radius 2 is 0.906 bits per heavy atom. The van der Waals surface area contributed by atoms with Gasteiger partial charge in [-0.25, -0.2) is 4.18 Å². The van der Waals surface area contributed by atoms with E-state index in [2.05, 4.69) is 70.4 Å². The molecular weight excluding hydrogens is 896 g/mol. The Morgan fingerprint density at radius 1 is 0.472 bits per heavy atom. The number of aliphatic hydroxyl groups is 4. The Labute approximate surface area is 289 Å². The third-order valence-electron chi connectivity index (χ3n) is 7.39. The molecule has 9 rings (SSSR count). The molecule has 0 aliphatic carbocycles. The third-order valence-corrected chi connectivity index (χ3v) is 11.8. The molecule has 0 radical (unpaired) electrons. The fourth-order valence-electron chi connectivity index (χ4n) is 5.62. The van der Waals surface area contributed by atoms with E-state index in [1.54, 1.807) is 0 Å². The Kier molecular flexibility index (Phi) is 7.61. The summed E-state index contributed by atoms with van der Waals surface area (Å²) in [5, 5.41) is 42.5. The van der Waals surface area contributed by atoms with Gasteiger partial charge in [0, 0.05) is 0 Å². The zero-order valence-electron chi connectivity index (χ0n) is 23.5. The first-order valence-electron chi connectivity index (χ1n) is 12.4. The van der Waals surface area contributed by atoms with Gasteiger partial charge in [-0.05, 0) is 0 Å². The highest BCUT2D eigenvalue weighted by molar-refractivity contribution is 7.83. The highest BCUT2D eigenvalue weighted by Gasteiger charge is 3.08. The van der Waals surface area contributed by atoms with Crippen molar-refractivity contribution in [1.82, 2.24) is 0 Å². The van der Waals surface area contributed by atoms with Crippen LogP contribution in [0.2, 0.25) is 0 Å². The molecule has 0 aromatic heterocycles. The van der Waals surface area contributed by atoms with E-state index >= 15 is 0 Å². The fraction of sp³-hybridized carbons (Fsp3) is 1.00. The van der Waals surface area contributed by atoms with Gasteiger partial charge in [0.05, 0.1) is 6.61 Å². The van der Waals surface area contributed by atoms with Gasteiger partial charge in [0.1, 0.15) is 18.8 Å². The van der Waals surface area contributed by atoms with E-state index in [0.29, 0.717) is 0 Å². The first-order valence-corrected chi connectivity index (χ1v) is 20.4. The van der Waals surface area contributed by atoms with Crippen molar-refractivity contribution in [2.24, 2.45) is 0 Å². The van der Waals surface area contributed by atoms with Crippen molar-refractivity contribution < 1.29 is 155 Å². The van der Waals surface area contributed by atoms with Gasteiger partial charge in [-0.2, -0.15) is 94.5 Å². The molecule has 9 fully saturated rings. The van der Waals surface area contributed by atoms with E-state index in [4.69, 9.17) is 14.2 Å². The van der Waals surface area contributed by atoms with Crippen molar-refractivity contribution in [2.75, 3.05) is 13.2 Å². The fourth-order valence-corrected chi connectivity index (χ4v) is 10.5. The molecule has 0 saturated carbocycles. The van der Waals surface area contributed by atoms with Gasteiger partial charge in [0.25, 0.3) is 11.6 Å². The Hall–Kier alpha value is -1.22. The van der Waals surface area contributed by atoms with E-state index < -0.39 is 134 Å². The lowest BCUT2D eigenvalue weighted by molar-refractivity contribution is -0.696. The van der Waals surface area contributed by atoms with Crippen LogP contribution >= 0.6 is 0 Å². The van der Waals surface area contributed by atoms with Gasteiger partial charge >= 0.3 is 97.5 Å². The molecule has 6 bridgehead atoms. The summed E-state index contributed by atoms with van der Waals surface area (Å²) < 4.78 is 223. The molecule has 0 aromatic rings. The van der Waals surface area contributed by atoms with Crippen molar-refractivity contribution in [2.45, 2.75) is 58.9 Å². The molecule has 0 amide bonds. The van der Waals surface area contributed by atoms with E-state index in [1.165, 1.54) is 0 Å². The Bertz CT molecular complexity index is 2340. The summed E-state index contributed by atoms with van der Waals surface area (Å²) >= 11 is 0. The molecule has 9 aliphatic heterocycles. The summed E-state index contributed by atoms with van der Waals surface area (Å²) in [6, 6.07) is 0.